The van der Waals surface area contributed by atoms with Crippen LogP contribution in [-0.2, 0) is 19.1 Å². The van der Waals surface area contributed by atoms with E-state index >= 15 is 0 Å². The Hall–Kier alpha value is -5.26. The summed E-state index contributed by atoms with van der Waals surface area (Å²) in [7, 11) is 2.79. The maximum absolute atomic E-state index is 10.9. The molecule has 0 saturated carbocycles. The first kappa shape index (κ1) is 46.9. The van der Waals surface area contributed by atoms with Gasteiger partial charge in [-0.15, -0.1) is 11.8 Å². The second-order valence-electron chi connectivity index (χ2n) is 9.96. The SMILES string of the molecule is CC/C=C\C/C=C\C/C=C\C/C=C\C/C=C\C/C=C\CCC(=O)OC.CCC#CCC#CCC#CCC#CCC#CCC#CCCC(=O)OC. The van der Waals surface area contributed by atoms with Crippen molar-refractivity contribution >= 4 is 11.9 Å². The summed E-state index contributed by atoms with van der Waals surface area (Å²) in [5.74, 6) is 34.9. The fourth-order valence-corrected chi connectivity index (χ4v) is 3.27. The molecular weight excluding hydrogens is 617 g/mol. The zero-order valence-electron chi connectivity index (χ0n) is 30.9. The fraction of sp³-hybridized carbons (Fsp3) is 0.435. The third kappa shape index (κ3) is 44.9. The van der Waals surface area contributed by atoms with E-state index in [0.717, 1.165) is 51.4 Å². The Kier molecular flexibility index (Phi) is 41.0. The van der Waals surface area contributed by atoms with E-state index in [0.29, 0.717) is 51.4 Å². The number of methoxy groups -OCH3 is 2. The smallest absolute Gasteiger partial charge is 0.306 e. The molecule has 0 unspecified atom stereocenters. The largest absolute Gasteiger partial charge is 0.469 e. The van der Waals surface area contributed by atoms with Gasteiger partial charge in [-0.05, 0) is 44.9 Å². The molecule has 0 aromatic rings. The highest BCUT2D eigenvalue weighted by atomic mass is 16.5. The number of carbonyl (C=O) groups is 2. The normalized spacial score (nSPS) is 10.0. The van der Waals surface area contributed by atoms with Crippen LogP contribution in [0, 0.1) is 71.0 Å². The molecule has 0 radical (unpaired) electrons. The lowest BCUT2D eigenvalue weighted by atomic mass is 10.2. The van der Waals surface area contributed by atoms with Gasteiger partial charge in [-0.25, -0.2) is 0 Å². The van der Waals surface area contributed by atoms with Crippen LogP contribution in [0.4, 0.5) is 0 Å². The van der Waals surface area contributed by atoms with E-state index in [4.69, 9.17) is 0 Å². The van der Waals surface area contributed by atoms with E-state index in [-0.39, 0.29) is 11.9 Å². The second kappa shape index (κ2) is 43.7. The van der Waals surface area contributed by atoms with Crippen LogP contribution in [0.1, 0.15) is 117 Å². The van der Waals surface area contributed by atoms with Gasteiger partial charge in [0.1, 0.15) is 0 Å². The Balaban J connectivity index is 0. The lowest BCUT2D eigenvalue weighted by molar-refractivity contribution is -0.141. The van der Waals surface area contributed by atoms with Gasteiger partial charge in [-0.3, -0.25) is 9.59 Å². The van der Waals surface area contributed by atoms with E-state index in [1.54, 1.807) is 0 Å². The molecule has 0 aromatic carbocycles. The molecule has 50 heavy (non-hydrogen) atoms. The number of hydrogen-bond acceptors (Lipinski definition) is 4. The Bertz CT molecular complexity index is 1460. The minimum atomic E-state index is -0.243. The van der Waals surface area contributed by atoms with Crippen molar-refractivity contribution in [3.05, 3.63) is 72.9 Å². The highest BCUT2D eigenvalue weighted by Crippen LogP contribution is 1.98. The van der Waals surface area contributed by atoms with Gasteiger partial charge in [-0.2, -0.15) is 0 Å². The number of hydrogen-bond donors (Lipinski definition) is 0. The fourth-order valence-electron chi connectivity index (χ4n) is 3.27. The van der Waals surface area contributed by atoms with Crippen molar-refractivity contribution in [3.63, 3.8) is 0 Å². The van der Waals surface area contributed by atoms with Crippen molar-refractivity contribution in [1.82, 2.24) is 0 Å². The number of ether oxygens (including phenoxy) is 2. The van der Waals surface area contributed by atoms with Crippen molar-refractivity contribution in [2.45, 2.75) is 117 Å². The maximum atomic E-state index is 10.9. The maximum Gasteiger partial charge on any atom is 0.306 e. The predicted molar refractivity (Wildman–Crippen MR) is 211 cm³/mol. The van der Waals surface area contributed by atoms with Gasteiger partial charge in [0.2, 0.25) is 0 Å². The Labute approximate surface area is 305 Å². The number of rotatable bonds is 16. The molecule has 0 spiro atoms. The van der Waals surface area contributed by atoms with Gasteiger partial charge in [-0.1, -0.05) is 146 Å². The van der Waals surface area contributed by atoms with Crippen LogP contribution in [0.25, 0.3) is 0 Å². The van der Waals surface area contributed by atoms with Crippen LogP contribution in [-0.4, -0.2) is 26.2 Å². The molecule has 4 nitrogen and oxygen atoms in total. The lowest BCUT2D eigenvalue weighted by Crippen LogP contribution is -1.98. The van der Waals surface area contributed by atoms with Crippen LogP contribution in [0.2, 0.25) is 0 Å². The number of carbonyl (C=O) groups excluding carboxylic acids is 2. The lowest BCUT2D eigenvalue weighted by Gasteiger charge is -1.93. The summed E-state index contributed by atoms with van der Waals surface area (Å²) >= 11 is 0. The summed E-state index contributed by atoms with van der Waals surface area (Å²) < 4.78 is 9.10. The van der Waals surface area contributed by atoms with E-state index in [1.165, 1.54) is 14.2 Å². The van der Waals surface area contributed by atoms with Crippen molar-refractivity contribution in [1.29, 1.82) is 0 Å². The summed E-state index contributed by atoms with van der Waals surface area (Å²) in [6.07, 6.45) is 37.7. The van der Waals surface area contributed by atoms with E-state index in [1.807, 2.05) is 13.0 Å². The van der Waals surface area contributed by atoms with Gasteiger partial charge >= 0.3 is 11.9 Å². The van der Waals surface area contributed by atoms with Crippen molar-refractivity contribution in [2.24, 2.45) is 0 Å². The van der Waals surface area contributed by atoms with E-state index in [2.05, 4.69) is 154 Å². The van der Waals surface area contributed by atoms with Crippen molar-refractivity contribution < 1.29 is 19.1 Å². The van der Waals surface area contributed by atoms with Crippen LogP contribution >= 0.6 is 0 Å². The zero-order chi connectivity index (χ0) is 36.9. The molecule has 0 bridgehead atoms. The summed E-state index contributed by atoms with van der Waals surface area (Å²) in [6, 6.07) is 0. The molecule has 264 valence electrons. The third-order valence-electron chi connectivity index (χ3n) is 5.83. The van der Waals surface area contributed by atoms with Crippen molar-refractivity contribution in [3.8, 4) is 71.0 Å². The molecule has 0 rings (SSSR count). The first-order chi connectivity index (χ1) is 24.6. The molecule has 0 fully saturated rings. The molecule has 0 atom stereocenters. The monoisotopic (exact) mass is 672 g/mol. The van der Waals surface area contributed by atoms with Gasteiger partial charge < -0.3 is 9.47 Å². The van der Waals surface area contributed by atoms with Gasteiger partial charge in [0.15, 0.2) is 0 Å². The molecule has 0 aliphatic carbocycles. The highest BCUT2D eigenvalue weighted by Gasteiger charge is 1.95. The van der Waals surface area contributed by atoms with Gasteiger partial charge in [0.05, 0.1) is 52.7 Å². The highest BCUT2D eigenvalue weighted by molar-refractivity contribution is 5.69. The average molecular weight is 673 g/mol. The zero-order valence-corrected chi connectivity index (χ0v) is 30.9. The van der Waals surface area contributed by atoms with Gasteiger partial charge in [0, 0.05) is 19.3 Å². The number of esters is 2. The summed E-state index contributed by atoms with van der Waals surface area (Å²) in [5, 5.41) is 0. The molecule has 0 saturated heterocycles. The molecule has 0 amide bonds. The number of allylic oxidation sites excluding steroid dienone is 12. The average Bonchev–Trinajstić information content (AvgIpc) is 3.13. The van der Waals surface area contributed by atoms with E-state index in [9.17, 15) is 9.59 Å². The van der Waals surface area contributed by atoms with Crippen LogP contribution in [0.5, 0.6) is 0 Å². The minimum absolute atomic E-state index is 0.153. The molecule has 4 heteroatoms. The molecule has 0 aliphatic rings. The van der Waals surface area contributed by atoms with E-state index < -0.39 is 0 Å². The van der Waals surface area contributed by atoms with Crippen LogP contribution in [0.3, 0.4) is 0 Å². The molecular formula is C46H56O4. The first-order valence-corrected chi connectivity index (χ1v) is 17.4. The Morgan fingerprint density at radius 1 is 0.420 bits per heavy atom. The molecule has 0 aromatic heterocycles. The van der Waals surface area contributed by atoms with Crippen molar-refractivity contribution in [2.75, 3.05) is 14.2 Å². The molecule has 0 aliphatic heterocycles. The topological polar surface area (TPSA) is 52.6 Å². The standard InChI is InChI=1S/C23H34O2.C23H22O2/c2*1-3-4-5-6-7-8-9-10-11-12-13-14-15-16-17-18-19-20-21-22-23(24)25-2/h4-5,7-8,10-11,13-14,16-17,19-20H,3,6,9,12,15,18,21-22H2,1-2H3;3,6,9,12,15,18,21-22H2,1-2H3/b5-4-,8-7-,11-10-,14-13-,17-16-,20-19-;. The Morgan fingerprint density at radius 3 is 1.10 bits per heavy atom. The summed E-state index contributed by atoms with van der Waals surface area (Å²) in [6.45, 7) is 4.17. The summed E-state index contributed by atoms with van der Waals surface area (Å²) in [5.41, 5.74) is 0. The summed E-state index contributed by atoms with van der Waals surface area (Å²) in [4.78, 5) is 21.7. The first-order valence-electron chi connectivity index (χ1n) is 17.4. The van der Waals surface area contributed by atoms with Crippen LogP contribution in [0.15, 0.2) is 72.9 Å². The minimum Gasteiger partial charge on any atom is -0.469 e. The second-order valence-corrected chi connectivity index (χ2v) is 9.96. The molecule has 0 N–H and O–H groups in total. The molecule has 0 heterocycles. The Morgan fingerprint density at radius 2 is 0.740 bits per heavy atom. The quantitative estimate of drug-likeness (QED) is 0.0931. The van der Waals surface area contributed by atoms with Crippen LogP contribution < -0.4 is 0 Å². The third-order valence-corrected chi connectivity index (χ3v) is 5.83. The van der Waals surface area contributed by atoms with Gasteiger partial charge in [0.25, 0.3) is 0 Å². The predicted octanol–water partition coefficient (Wildman–Crippen LogP) is 9.96.